The fraction of sp³-hybridized carbons (Fsp3) is 0.400. The molecular weight excluding hydrogens is 416 g/mol. The van der Waals surface area contributed by atoms with Crippen LogP contribution in [0.25, 0.3) is 22.0 Å². The number of rotatable bonds is 6. The van der Waals surface area contributed by atoms with E-state index in [4.69, 9.17) is 4.42 Å². The van der Waals surface area contributed by atoms with E-state index < -0.39 is 0 Å². The number of oxazole rings is 1. The van der Waals surface area contributed by atoms with Crippen molar-refractivity contribution < 1.29 is 9.21 Å². The minimum atomic E-state index is -0.132. The summed E-state index contributed by atoms with van der Waals surface area (Å²) in [6.45, 7) is 6.49. The summed E-state index contributed by atoms with van der Waals surface area (Å²) in [6, 6.07) is 6.56. The smallest absolute Gasteiger partial charge is 0.197 e. The lowest BCUT2D eigenvalue weighted by Crippen LogP contribution is -2.37. The molecule has 4 aromatic rings. The summed E-state index contributed by atoms with van der Waals surface area (Å²) in [6.07, 6.45) is 9.11. The van der Waals surface area contributed by atoms with Crippen molar-refractivity contribution in [3.8, 4) is 11.1 Å². The Labute approximate surface area is 192 Å². The van der Waals surface area contributed by atoms with Gasteiger partial charge in [-0.3, -0.25) is 9.48 Å². The van der Waals surface area contributed by atoms with Gasteiger partial charge in [-0.25, -0.2) is 15.0 Å². The maximum atomic E-state index is 12.9. The highest BCUT2D eigenvalue weighted by molar-refractivity contribution is 5.95. The number of hydrogen-bond donors (Lipinski definition) is 0. The van der Waals surface area contributed by atoms with Gasteiger partial charge in [0.05, 0.1) is 18.1 Å². The first-order valence-corrected chi connectivity index (χ1v) is 11.4. The second-order valence-electron chi connectivity index (χ2n) is 9.04. The molecule has 1 aliphatic heterocycles. The molecule has 1 fully saturated rings. The molecule has 0 saturated carbocycles. The highest BCUT2D eigenvalue weighted by Crippen LogP contribution is 2.28. The Morgan fingerprint density at radius 2 is 1.97 bits per heavy atom. The summed E-state index contributed by atoms with van der Waals surface area (Å²) in [4.78, 5) is 28.9. The average Bonchev–Trinajstić information content (AvgIpc) is 3.48. The number of aromatic nitrogens is 5. The van der Waals surface area contributed by atoms with Gasteiger partial charge in [-0.05, 0) is 51.4 Å². The third-order valence-electron chi connectivity index (χ3n) is 6.41. The molecule has 33 heavy (non-hydrogen) atoms. The zero-order chi connectivity index (χ0) is 22.9. The molecular formula is C25H28N6O2. The first-order valence-electron chi connectivity index (χ1n) is 11.4. The van der Waals surface area contributed by atoms with Crippen molar-refractivity contribution in [2.24, 2.45) is 7.05 Å². The Hall–Kier alpha value is -3.39. The van der Waals surface area contributed by atoms with Crippen molar-refractivity contribution >= 4 is 16.7 Å². The Bertz CT molecular complexity index is 1280. The summed E-state index contributed by atoms with van der Waals surface area (Å²) in [5, 5.41) is 5.16. The molecule has 0 amide bonds. The summed E-state index contributed by atoms with van der Waals surface area (Å²) in [7, 11) is 1.89. The molecule has 4 heterocycles. The molecule has 0 atom stereocenters. The highest BCUT2D eigenvalue weighted by Gasteiger charge is 2.26. The molecule has 0 spiro atoms. The number of hydrogen-bond acceptors (Lipinski definition) is 7. The molecule has 170 valence electrons. The van der Waals surface area contributed by atoms with E-state index in [-0.39, 0.29) is 18.1 Å². The van der Waals surface area contributed by atoms with Crippen LogP contribution in [0.5, 0.6) is 0 Å². The van der Waals surface area contributed by atoms with Crippen LogP contribution in [0.3, 0.4) is 0 Å². The van der Waals surface area contributed by atoms with Crippen molar-refractivity contribution in [3.05, 3.63) is 60.5 Å². The average molecular weight is 445 g/mol. The number of fused-ring (bicyclic) bond motifs is 1. The summed E-state index contributed by atoms with van der Waals surface area (Å²) >= 11 is 0. The van der Waals surface area contributed by atoms with Gasteiger partial charge in [-0.15, -0.1) is 0 Å². The Kier molecular flexibility index (Phi) is 5.76. The number of nitrogens with zero attached hydrogens (tertiary/aromatic N) is 6. The molecule has 0 aliphatic carbocycles. The number of likely N-dealkylation sites (tertiary alicyclic amines) is 1. The molecule has 1 saturated heterocycles. The first kappa shape index (κ1) is 21.5. The van der Waals surface area contributed by atoms with Crippen molar-refractivity contribution in [1.82, 2.24) is 29.6 Å². The Balaban J connectivity index is 1.29. The lowest BCUT2D eigenvalue weighted by molar-refractivity contribution is 0.0986. The van der Waals surface area contributed by atoms with Crippen LogP contribution >= 0.6 is 0 Å². The first-order chi connectivity index (χ1) is 16.0. The number of aryl methyl sites for hydroxylation is 1. The number of ketones is 1. The number of benzene rings is 1. The van der Waals surface area contributed by atoms with E-state index in [9.17, 15) is 4.79 Å². The van der Waals surface area contributed by atoms with Crippen LogP contribution in [0.15, 0.2) is 47.5 Å². The number of carbonyl (C=O) groups is 1. The van der Waals surface area contributed by atoms with Gasteiger partial charge in [0.2, 0.25) is 0 Å². The van der Waals surface area contributed by atoms with Gasteiger partial charge in [0.25, 0.3) is 0 Å². The van der Waals surface area contributed by atoms with Crippen LogP contribution in [0.4, 0.5) is 0 Å². The van der Waals surface area contributed by atoms with Crippen LogP contribution in [-0.4, -0.2) is 54.5 Å². The SMILES string of the molecule is CC(C)N1CCC(c2nc(C(=O)Cc3ncc4ccc(-c5cnn(C)c5)cc4n3)co2)CC1. The monoisotopic (exact) mass is 444 g/mol. The second kappa shape index (κ2) is 8.86. The lowest BCUT2D eigenvalue weighted by Gasteiger charge is -2.33. The van der Waals surface area contributed by atoms with E-state index in [1.54, 1.807) is 10.9 Å². The molecule has 3 aromatic heterocycles. The molecule has 5 rings (SSSR count). The predicted octanol–water partition coefficient (Wildman–Crippen LogP) is 4.03. The van der Waals surface area contributed by atoms with E-state index >= 15 is 0 Å². The normalized spacial score (nSPS) is 15.5. The molecule has 1 aromatic carbocycles. The zero-order valence-electron chi connectivity index (χ0n) is 19.2. The van der Waals surface area contributed by atoms with E-state index in [1.165, 1.54) is 6.26 Å². The van der Waals surface area contributed by atoms with E-state index in [1.807, 2.05) is 37.6 Å². The van der Waals surface area contributed by atoms with E-state index in [2.05, 4.69) is 38.8 Å². The molecule has 0 radical (unpaired) electrons. The van der Waals surface area contributed by atoms with Gasteiger partial charge in [-0.1, -0.05) is 12.1 Å². The minimum absolute atomic E-state index is 0.0881. The number of Topliss-reactive ketones (excluding diaryl/α,β-unsaturated/α-hetero) is 1. The molecule has 8 heteroatoms. The molecule has 0 N–H and O–H groups in total. The maximum absolute atomic E-state index is 12.9. The van der Waals surface area contributed by atoms with Crippen molar-refractivity contribution in [1.29, 1.82) is 0 Å². The van der Waals surface area contributed by atoms with Gasteiger partial charge in [0.15, 0.2) is 11.7 Å². The second-order valence-corrected chi connectivity index (χ2v) is 9.04. The fourth-order valence-electron chi connectivity index (χ4n) is 4.40. The largest absolute Gasteiger partial charge is 0.448 e. The third-order valence-corrected chi connectivity index (χ3v) is 6.41. The van der Waals surface area contributed by atoms with Gasteiger partial charge >= 0.3 is 0 Å². The zero-order valence-corrected chi connectivity index (χ0v) is 19.2. The minimum Gasteiger partial charge on any atom is -0.448 e. The van der Waals surface area contributed by atoms with Crippen LogP contribution < -0.4 is 0 Å². The number of carbonyl (C=O) groups excluding carboxylic acids is 1. The Morgan fingerprint density at radius 3 is 2.70 bits per heavy atom. The van der Waals surface area contributed by atoms with Crippen molar-refractivity contribution in [2.45, 2.75) is 45.1 Å². The maximum Gasteiger partial charge on any atom is 0.197 e. The van der Waals surface area contributed by atoms with Crippen molar-refractivity contribution in [2.75, 3.05) is 13.1 Å². The van der Waals surface area contributed by atoms with E-state index in [0.29, 0.717) is 23.5 Å². The van der Waals surface area contributed by atoms with Gasteiger partial charge in [0, 0.05) is 42.4 Å². The van der Waals surface area contributed by atoms with Gasteiger partial charge < -0.3 is 9.32 Å². The summed E-state index contributed by atoms with van der Waals surface area (Å²) < 4.78 is 7.46. The summed E-state index contributed by atoms with van der Waals surface area (Å²) in [5.41, 5.74) is 3.19. The molecule has 1 aliphatic rings. The van der Waals surface area contributed by atoms with Crippen LogP contribution in [0.2, 0.25) is 0 Å². The Morgan fingerprint density at radius 1 is 1.15 bits per heavy atom. The molecule has 0 unspecified atom stereocenters. The highest BCUT2D eigenvalue weighted by atomic mass is 16.3. The number of piperidine rings is 1. The lowest BCUT2D eigenvalue weighted by atomic mass is 9.96. The van der Waals surface area contributed by atoms with Gasteiger partial charge in [0.1, 0.15) is 17.8 Å². The molecule has 8 nitrogen and oxygen atoms in total. The topological polar surface area (TPSA) is 89.9 Å². The predicted molar refractivity (Wildman–Crippen MR) is 125 cm³/mol. The third kappa shape index (κ3) is 4.57. The standard InChI is InChI=1S/C25H28N6O2/c1-16(2)31-8-6-17(7-9-31)25-29-22(15-33-25)23(32)11-24-26-12-19-5-4-18(10-21(19)28-24)20-13-27-30(3)14-20/h4-5,10,12-17H,6-9,11H2,1-3H3. The molecule has 0 bridgehead atoms. The van der Waals surface area contributed by atoms with Crippen LogP contribution in [0.1, 0.15) is 54.8 Å². The van der Waals surface area contributed by atoms with Gasteiger partial charge in [-0.2, -0.15) is 5.10 Å². The van der Waals surface area contributed by atoms with Crippen LogP contribution in [0, 0.1) is 0 Å². The van der Waals surface area contributed by atoms with Crippen LogP contribution in [-0.2, 0) is 13.5 Å². The van der Waals surface area contributed by atoms with E-state index in [0.717, 1.165) is 48.0 Å². The summed E-state index contributed by atoms with van der Waals surface area (Å²) in [5.74, 6) is 1.28. The van der Waals surface area contributed by atoms with Crippen molar-refractivity contribution in [3.63, 3.8) is 0 Å². The fourth-order valence-corrected chi connectivity index (χ4v) is 4.40. The quantitative estimate of drug-likeness (QED) is 0.415.